The standard InChI is InChI=1S/C23H18F2O3/c24-20-5-1-3-18(13-20)15-27-22-10-7-17(8-11-22)9-12-23(26)28-16-19-4-2-6-21(25)14-19/h1-14H,15-16H2/b12-9+. The average molecular weight is 380 g/mol. The van der Waals surface area contributed by atoms with Gasteiger partial charge in [0.25, 0.3) is 0 Å². The van der Waals surface area contributed by atoms with Crippen molar-refractivity contribution in [3.05, 3.63) is 107 Å². The van der Waals surface area contributed by atoms with E-state index < -0.39 is 5.97 Å². The lowest BCUT2D eigenvalue weighted by Gasteiger charge is -2.06. The van der Waals surface area contributed by atoms with Gasteiger partial charge in [-0.1, -0.05) is 36.4 Å². The molecule has 0 fully saturated rings. The highest BCUT2D eigenvalue weighted by atomic mass is 19.1. The molecule has 3 nitrogen and oxygen atoms in total. The van der Waals surface area contributed by atoms with Crippen molar-refractivity contribution in [3.8, 4) is 5.75 Å². The summed E-state index contributed by atoms with van der Waals surface area (Å²) in [5, 5.41) is 0. The number of hydrogen-bond acceptors (Lipinski definition) is 3. The number of rotatable bonds is 7. The molecular weight excluding hydrogens is 362 g/mol. The zero-order valence-electron chi connectivity index (χ0n) is 15.0. The number of ether oxygens (including phenoxy) is 2. The van der Waals surface area contributed by atoms with Gasteiger partial charge in [-0.05, 0) is 59.2 Å². The van der Waals surface area contributed by atoms with Crippen LogP contribution in [0.5, 0.6) is 5.75 Å². The van der Waals surface area contributed by atoms with Crippen LogP contribution in [0.3, 0.4) is 0 Å². The van der Waals surface area contributed by atoms with Crippen molar-refractivity contribution < 1.29 is 23.0 Å². The van der Waals surface area contributed by atoms with Crippen molar-refractivity contribution in [2.24, 2.45) is 0 Å². The predicted octanol–water partition coefficient (Wildman–Crippen LogP) is 5.30. The first-order valence-electron chi connectivity index (χ1n) is 8.65. The number of carbonyl (C=O) groups is 1. The lowest BCUT2D eigenvalue weighted by molar-refractivity contribution is -0.138. The lowest BCUT2D eigenvalue weighted by Crippen LogP contribution is -2.00. The molecule has 0 aliphatic carbocycles. The zero-order chi connectivity index (χ0) is 19.8. The van der Waals surface area contributed by atoms with Crippen LogP contribution >= 0.6 is 0 Å². The van der Waals surface area contributed by atoms with Gasteiger partial charge in [0.05, 0.1) is 0 Å². The van der Waals surface area contributed by atoms with E-state index in [0.717, 1.165) is 11.1 Å². The second kappa shape index (κ2) is 9.46. The molecule has 3 aromatic rings. The first-order valence-corrected chi connectivity index (χ1v) is 8.65. The van der Waals surface area contributed by atoms with E-state index in [2.05, 4.69) is 0 Å². The third kappa shape index (κ3) is 6.06. The Balaban J connectivity index is 1.48. The summed E-state index contributed by atoms with van der Waals surface area (Å²) in [7, 11) is 0. The summed E-state index contributed by atoms with van der Waals surface area (Å²) in [6.07, 6.45) is 2.92. The Morgan fingerprint density at radius 2 is 1.43 bits per heavy atom. The Kier molecular flexibility index (Phi) is 6.52. The number of halogens is 2. The smallest absolute Gasteiger partial charge is 0.331 e. The molecule has 0 aliphatic rings. The summed E-state index contributed by atoms with van der Waals surface area (Å²) >= 11 is 0. The molecular formula is C23H18F2O3. The average Bonchev–Trinajstić information content (AvgIpc) is 2.70. The van der Waals surface area contributed by atoms with E-state index in [0.29, 0.717) is 11.3 Å². The maximum Gasteiger partial charge on any atom is 0.331 e. The Labute approximate surface area is 161 Å². The molecule has 0 bridgehead atoms. The van der Waals surface area contributed by atoms with Gasteiger partial charge >= 0.3 is 5.97 Å². The molecule has 0 unspecified atom stereocenters. The van der Waals surface area contributed by atoms with Crippen molar-refractivity contribution in [2.75, 3.05) is 0 Å². The first-order chi connectivity index (χ1) is 13.6. The quantitative estimate of drug-likeness (QED) is 0.412. The predicted molar refractivity (Wildman–Crippen MR) is 102 cm³/mol. The van der Waals surface area contributed by atoms with E-state index in [9.17, 15) is 13.6 Å². The third-order valence-corrected chi connectivity index (χ3v) is 3.86. The number of hydrogen-bond donors (Lipinski definition) is 0. The first kappa shape index (κ1) is 19.3. The monoisotopic (exact) mass is 380 g/mol. The Bertz CT molecular complexity index is 966. The highest BCUT2D eigenvalue weighted by Gasteiger charge is 2.01. The molecule has 0 saturated carbocycles. The van der Waals surface area contributed by atoms with Gasteiger partial charge in [-0.3, -0.25) is 0 Å². The third-order valence-electron chi connectivity index (χ3n) is 3.86. The van der Waals surface area contributed by atoms with Crippen LogP contribution in [0.15, 0.2) is 78.9 Å². The van der Waals surface area contributed by atoms with Gasteiger partial charge in [-0.25, -0.2) is 13.6 Å². The van der Waals surface area contributed by atoms with E-state index >= 15 is 0 Å². The maximum atomic E-state index is 13.1. The molecule has 0 atom stereocenters. The summed E-state index contributed by atoms with van der Waals surface area (Å²) in [5.74, 6) is -0.555. The molecule has 28 heavy (non-hydrogen) atoms. The minimum absolute atomic E-state index is 0.00773. The van der Waals surface area contributed by atoms with E-state index in [-0.39, 0.29) is 24.8 Å². The Morgan fingerprint density at radius 3 is 2.04 bits per heavy atom. The number of esters is 1. The molecule has 3 rings (SSSR count). The normalized spacial score (nSPS) is 10.8. The van der Waals surface area contributed by atoms with Gasteiger partial charge in [0.15, 0.2) is 0 Å². The molecule has 0 heterocycles. The lowest BCUT2D eigenvalue weighted by atomic mass is 10.2. The molecule has 0 saturated heterocycles. The molecule has 0 aromatic heterocycles. The van der Waals surface area contributed by atoms with Gasteiger partial charge in [0, 0.05) is 6.08 Å². The summed E-state index contributed by atoms with van der Waals surface area (Å²) in [6.45, 7) is 0.271. The fourth-order valence-corrected chi connectivity index (χ4v) is 2.46. The zero-order valence-corrected chi connectivity index (χ0v) is 15.0. The Hall–Kier alpha value is -3.47. The molecule has 5 heteroatoms. The summed E-state index contributed by atoms with van der Waals surface area (Å²) in [6, 6.07) is 19.2. The van der Waals surface area contributed by atoms with E-state index in [1.165, 1.54) is 30.3 Å². The molecule has 0 spiro atoms. The minimum atomic E-state index is -0.518. The molecule has 0 radical (unpaired) electrons. The van der Waals surface area contributed by atoms with Crippen LogP contribution in [0.25, 0.3) is 6.08 Å². The maximum absolute atomic E-state index is 13.1. The fourth-order valence-electron chi connectivity index (χ4n) is 2.46. The van der Waals surface area contributed by atoms with E-state index in [4.69, 9.17) is 9.47 Å². The highest BCUT2D eigenvalue weighted by Crippen LogP contribution is 2.15. The van der Waals surface area contributed by atoms with Gasteiger partial charge < -0.3 is 9.47 Å². The van der Waals surface area contributed by atoms with Crippen LogP contribution in [-0.2, 0) is 22.7 Å². The van der Waals surface area contributed by atoms with E-state index in [1.807, 2.05) is 0 Å². The molecule has 142 valence electrons. The molecule has 0 aliphatic heterocycles. The summed E-state index contributed by atoms with van der Waals surface area (Å²) in [4.78, 5) is 11.8. The van der Waals surface area contributed by atoms with Crippen molar-refractivity contribution in [3.63, 3.8) is 0 Å². The van der Waals surface area contributed by atoms with Crippen LogP contribution in [0.2, 0.25) is 0 Å². The van der Waals surface area contributed by atoms with Crippen molar-refractivity contribution in [1.29, 1.82) is 0 Å². The molecule has 3 aromatic carbocycles. The van der Waals surface area contributed by atoms with Crippen molar-refractivity contribution >= 4 is 12.0 Å². The van der Waals surface area contributed by atoms with Crippen LogP contribution in [0.4, 0.5) is 8.78 Å². The largest absolute Gasteiger partial charge is 0.489 e. The minimum Gasteiger partial charge on any atom is -0.489 e. The van der Waals surface area contributed by atoms with E-state index in [1.54, 1.807) is 54.6 Å². The van der Waals surface area contributed by atoms with Crippen LogP contribution in [0, 0.1) is 11.6 Å². The fraction of sp³-hybridized carbons (Fsp3) is 0.0870. The van der Waals surface area contributed by atoms with Gasteiger partial charge in [0.1, 0.15) is 30.6 Å². The molecule has 0 amide bonds. The van der Waals surface area contributed by atoms with Gasteiger partial charge in [-0.2, -0.15) is 0 Å². The molecule has 0 N–H and O–H groups in total. The van der Waals surface area contributed by atoms with Crippen LogP contribution in [-0.4, -0.2) is 5.97 Å². The number of benzene rings is 3. The highest BCUT2D eigenvalue weighted by molar-refractivity contribution is 5.87. The topological polar surface area (TPSA) is 35.5 Å². The summed E-state index contributed by atoms with van der Waals surface area (Å²) < 4.78 is 36.9. The van der Waals surface area contributed by atoms with Crippen LogP contribution < -0.4 is 4.74 Å². The van der Waals surface area contributed by atoms with Crippen molar-refractivity contribution in [1.82, 2.24) is 0 Å². The van der Waals surface area contributed by atoms with Crippen molar-refractivity contribution in [2.45, 2.75) is 13.2 Å². The van der Waals surface area contributed by atoms with Gasteiger partial charge in [-0.15, -0.1) is 0 Å². The number of carbonyl (C=O) groups excluding carboxylic acids is 1. The Morgan fingerprint density at radius 1 is 0.821 bits per heavy atom. The second-order valence-corrected chi connectivity index (χ2v) is 6.06. The SMILES string of the molecule is O=C(/C=C/c1ccc(OCc2cccc(F)c2)cc1)OCc1cccc(F)c1. The van der Waals surface area contributed by atoms with Crippen LogP contribution in [0.1, 0.15) is 16.7 Å². The second-order valence-electron chi connectivity index (χ2n) is 6.06. The summed E-state index contributed by atoms with van der Waals surface area (Å²) in [5.41, 5.74) is 2.12. The van der Waals surface area contributed by atoms with Gasteiger partial charge in [0.2, 0.25) is 0 Å².